The first-order valence-corrected chi connectivity index (χ1v) is 6.70. The summed E-state index contributed by atoms with van der Waals surface area (Å²) in [6.45, 7) is 4.79. The molecule has 2 aromatic rings. The van der Waals surface area contributed by atoms with Crippen molar-refractivity contribution in [2.75, 3.05) is 6.54 Å². The minimum atomic E-state index is -0.817. The first-order valence-electron chi connectivity index (χ1n) is 6.70. The first-order chi connectivity index (χ1) is 9.61. The molecule has 0 aliphatic heterocycles. The summed E-state index contributed by atoms with van der Waals surface area (Å²) >= 11 is 0. The highest BCUT2D eigenvalue weighted by Crippen LogP contribution is 2.20. The lowest BCUT2D eigenvalue weighted by atomic mass is 10.00. The number of rotatable bonds is 5. The van der Waals surface area contributed by atoms with E-state index in [2.05, 4.69) is 10.3 Å². The van der Waals surface area contributed by atoms with E-state index in [0.29, 0.717) is 6.42 Å². The summed E-state index contributed by atoms with van der Waals surface area (Å²) in [7, 11) is 0. The molecule has 2 nitrogen and oxygen atoms in total. The maximum atomic E-state index is 13.3. The number of nitrogens with zero attached hydrogens (tertiary/aromatic N) is 1. The molecule has 0 fully saturated rings. The second-order valence-electron chi connectivity index (χ2n) is 4.77. The Morgan fingerprint density at radius 1 is 1.20 bits per heavy atom. The van der Waals surface area contributed by atoms with Gasteiger partial charge in [0.2, 0.25) is 0 Å². The Labute approximate surface area is 117 Å². The summed E-state index contributed by atoms with van der Waals surface area (Å²) in [5.41, 5.74) is 2.78. The third kappa shape index (κ3) is 3.39. The maximum Gasteiger partial charge on any atom is 0.159 e. The van der Waals surface area contributed by atoms with E-state index in [1.807, 2.05) is 26.0 Å². The largest absolute Gasteiger partial charge is 0.309 e. The number of aryl methyl sites for hydroxylation is 1. The minimum Gasteiger partial charge on any atom is -0.309 e. The summed E-state index contributed by atoms with van der Waals surface area (Å²) in [6, 6.07) is 7.90. The quantitative estimate of drug-likeness (QED) is 0.903. The molecule has 4 heteroatoms. The average molecular weight is 276 g/mol. The van der Waals surface area contributed by atoms with Gasteiger partial charge in [0.15, 0.2) is 11.6 Å². The molecule has 20 heavy (non-hydrogen) atoms. The second kappa shape index (κ2) is 6.57. The Bertz CT molecular complexity index is 584. The summed E-state index contributed by atoms with van der Waals surface area (Å²) in [5.74, 6) is -1.63. The van der Waals surface area contributed by atoms with Gasteiger partial charge in [-0.15, -0.1) is 0 Å². The molecule has 0 saturated carbocycles. The lowest BCUT2D eigenvalue weighted by Gasteiger charge is -2.19. The van der Waals surface area contributed by atoms with Gasteiger partial charge in [-0.2, -0.15) is 0 Å². The number of hydrogen-bond acceptors (Lipinski definition) is 2. The Balaban J connectivity index is 2.25. The number of nitrogens with one attached hydrogen (secondary N) is 1. The lowest BCUT2D eigenvalue weighted by molar-refractivity contribution is 0.500. The highest BCUT2D eigenvalue weighted by molar-refractivity contribution is 5.25. The topological polar surface area (TPSA) is 24.9 Å². The van der Waals surface area contributed by atoms with Gasteiger partial charge in [0.05, 0.1) is 11.7 Å². The standard InChI is InChI=1S/C16H18F2N2/c1-3-19-15(16-11(2)5-4-8-20-16)10-12-6-7-13(17)14(18)9-12/h4-9,15,19H,3,10H2,1-2H3. The zero-order valence-electron chi connectivity index (χ0n) is 11.7. The summed E-state index contributed by atoms with van der Waals surface area (Å²) in [4.78, 5) is 4.40. The van der Waals surface area contributed by atoms with Gasteiger partial charge in [-0.3, -0.25) is 4.98 Å². The van der Waals surface area contributed by atoms with Gasteiger partial charge in [-0.05, 0) is 49.2 Å². The Kier molecular flexibility index (Phi) is 4.79. The van der Waals surface area contributed by atoms with Gasteiger partial charge in [0.1, 0.15) is 0 Å². The van der Waals surface area contributed by atoms with E-state index in [1.165, 1.54) is 12.1 Å². The number of halogens is 2. The van der Waals surface area contributed by atoms with Crippen LogP contribution in [0, 0.1) is 18.6 Å². The van der Waals surface area contributed by atoms with E-state index in [-0.39, 0.29) is 6.04 Å². The number of pyridine rings is 1. The van der Waals surface area contributed by atoms with E-state index in [4.69, 9.17) is 0 Å². The van der Waals surface area contributed by atoms with Crippen molar-refractivity contribution in [3.63, 3.8) is 0 Å². The predicted molar refractivity (Wildman–Crippen MR) is 75.5 cm³/mol. The molecule has 0 bridgehead atoms. The van der Waals surface area contributed by atoms with Crippen molar-refractivity contribution >= 4 is 0 Å². The van der Waals surface area contributed by atoms with Crippen molar-refractivity contribution in [3.05, 3.63) is 65.0 Å². The van der Waals surface area contributed by atoms with Gasteiger partial charge >= 0.3 is 0 Å². The molecule has 0 saturated heterocycles. The average Bonchev–Trinajstić information content (AvgIpc) is 2.43. The van der Waals surface area contributed by atoms with Crippen LogP contribution in [0.15, 0.2) is 36.5 Å². The van der Waals surface area contributed by atoms with Crippen LogP contribution < -0.4 is 5.32 Å². The summed E-state index contributed by atoms with van der Waals surface area (Å²) < 4.78 is 26.3. The molecule has 0 aliphatic carbocycles. The Morgan fingerprint density at radius 2 is 2.00 bits per heavy atom. The predicted octanol–water partition coefficient (Wildman–Crippen LogP) is 3.56. The van der Waals surface area contributed by atoms with E-state index in [9.17, 15) is 8.78 Å². The SMILES string of the molecule is CCNC(Cc1ccc(F)c(F)c1)c1ncccc1C. The van der Waals surface area contributed by atoms with Gasteiger partial charge in [-0.25, -0.2) is 8.78 Å². The Hall–Kier alpha value is -1.81. The molecule has 1 unspecified atom stereocenters. The van der Waals surface area contributed by atoms with Gasteiger partial charge < -0.3 is 5.32 Å². The number of likely N-dealkylation sites (N-methyl/N-ethyl adjacent to an activating group) is 1. The molecule has 1 aromatic heterocycles. The van der Waals surface area contributed by atoms with Crippen LogP contribution >= 0.6 is 0 Å². The molecular formula is C16H18F2N2. The maximum absolute atomic E-state index is 13.3. The number of hydrogen-bond donors (Lipinski definition) is 1. The van der Waals surface area contributed by atoms with Crippen molar-refractivity contribution in [2.45, 2.75) is 26.3 Å². The zero-order chi connectivity index (χ0) is 14.5. The molecule has 1 heterocycles. The smallest absolute Gasteiger partial charge is 0.159 e. The summed E-state index contributed by atoms with van der Waals surface area (Å²) in [5, 5.41) is 3.34. The van der Waals surface area contributed by atoms with Crippen molar-refractivity contribution in [3.8, 4) is 0 Å². The van der Waals surface area contributed by atoms with Crippen LogP contribution in [-0.2, 0) is 6.42 Å². The molecule has 1 aromatic carbocycles. The summed E-state index contributed by atoms with van der Waals surface area (Å²) in [6.07, 6.45) is 2.32. The van der Waals surface area contributed by atoms with E-state index in [1.54, 1.807) is 12.3 Å². The molecule has 1 atom stereocenters. The van der Waals surface area contributed by atoms with Crippen molar-refractivity contribution in [1.29, 1.82) is 0 Å². The van der Waals surface area contributed by atoms with Crippen molar-refractivity contribution < 1.29 is 8.78 Å². The second-order valence-corrected chi connectivity index (χ2v) is 4.77. The van der Waals surface area contributed by atoms with Crippen molar-refractivity contribution in [2.24, 2.45) is 0 Å². The fourth-order valence-electron chi connectivity index (χ4n) is 2.28. The number of benzene rings is 1. The fraction of sp³-hybridized carbons (Fsp3) is 0.312. The van der Waals surface area contributed by atoms with Gasteiger partial charge in [0, 0.05) is 6.20 Å². The Morgan fingerprint density at radius 3 is 2.65 bits per heavy atom. The van der Waals surface area contributed by atoms with Crippen LogP contribution in [-0.4, -0.2) is 11.5 Å². The minimum absolute atomic E-state index is 0.00828. The molecule has 0 spiro atoms. The van der Waals surface area contributed by atoms with Crippen LogP contribution in [0.2, 0.25) is 0 Å². The van der Waals surface area contributed by atoms with Crippen LogP contribution in [0.4, 0.5) is 8.78 Å². The molecule has 0 radical (unpaired) electrons. The molecule has 1 N–H and O–H groups in total. The lowest BCUT2D eigenvalue weighted by Crippen LogP contribution is -2.24. The first kappa shape index (κ1) is 14.6. The van der Waals surface area contributed by atoms with Gasteiger partial charge in [-0.1, -0.05) is 19.1 Å². The molecule has 0 amide bonds. The third-order valence-corrected chi connectivity index (χ3v) is 3.25. The zero-order valence-corrected chi connectivity index (χ0v) is 11.7. The van der Waals surface area contributed by atoms with Crippen molar-refractivity contribution in [1.82, 2.24) is 10.3 Å². The third-order valence-electron chi connectivity index (χ3n) is 3.25. The monoisotopic (exact) mass is 276 g/mol. The highest BCUT2D eigenvalue weighted by atomic mass is 19.2. The fourth-order valence-corrected chi connectivity index (χ4v) is 2.28. The van der Waals surface area contributed by atoms with E-state index in [0.717, 1.165) is 23.4 Å². The van der Waals surface area contributed by atoms with E-state index < -0.39 is 11.6 Å². The highest BCUT2D eigenvalue weighted by Gasteiger charge is 2.15. The molecule has 0 aliphatic rings. The van der Waals surface area contributed by atoms with Crippen LogP contribution in [0.25, 0.3) is 0 Å². The molecule has 2 rings (SSSR count). The normalized spacial score (nSPS) is 12.4. The van der Waals surface area contributed by atoms with Crippen LogP contribution in [0.1, 0.15) is 29.8 Å². The van der Waals surface area contributed by atoms with Gasteiger partial charge in [0.25, 0.3) is 0 Å². The molecule has 106 valence electrons. The van der Waals surface area contributed by atoms with E-state index >= 15 is 0 Å². The van der Waals surface area contributed by atoms with Crippen LogP contribution in [0.5, 0.6) is 0 Å². The molecular weight excluding hydrogens is 258 g/mol. The number of aromatic nitrogens is 1. The van der Waals surface area contributed by atoms with Crippen LogP contribution in [0.3, 0.4) is 0 Å².